The zero-order chi connectivity index (χ0) is 14.6. The largest absolute Gasteiger partial charge is 0.329 e. The van der Waals surface area contributed by atoms with Crippen molar-refractivity contribution in [1.82, 2.24) is 4.90 Å². The van der Waals surface area contributed by atoms with Gasteiger partial charge in [-0.3, -0.25) is 4.90 Å². The molecule has 0 aromatic heterocycles. The molecule has 0 radical (unpaired) electrons. The Kier molecular flexibility index (Phi) is 5.48. The number of hydrogen-bond acceptors (Lipinski definition) is 2. The van der Waals surface area contributed by atoms with Crippen molar-refractivity contribution in [3.05, 3.63) is 34.9 Å². The van der Waals surface area contributed by atoms with Gasteiger partial charge in [0.05, 0.1) is 0 Å². The molecule has 1 heterocycles. The van der Waals surface area contributed by atoms with Gasteiger partial charge in [0.25, 0.3) is 0 Å². The van der Waals surface area contributed by atoms with E-state index in [1.807, 2.05) is 12.1 Å². The lowest BCUT2D eigenvalue weighted by Gasteiger charge is -2.44. The first-order valence-corrected chi connectivity index (χ1v) is 8.22. The maximum atomic E-state index is 6.35. The van der Waals surface area contributed by atoms with Gasteiger partial charge in [-0.05, 0) is 43.0 Å². The molecule has 0 spiro atoms. The number of nitrogens with zero attached hydrogens (tertiary/aromatic N) is 1. The summed E-state index contributed by atoms with van der Waals surface area (Å²) in [4.78, 5) is 2.52. The topological polar surface area (TPSA) is 29.3 Å². The lowest BCUT2D eigenvalue weighted by molar-refractivity contribution is 0.0680. The van der Waals surface area contributed by atoms with Crippen LogP contribution in [-0.4, -0.2) is 24.5 Å². The minimum absolute atomic E-state index is 0.260. The first kappa shape index (κ1) is 15.8. The molecule has 0 saturated carbocycles. The number of nitrogens with two attached hydrogens (primary N) is 1. The predicted octanol–water partition coefficient (Wildman–Crippen LogP) is 4.24. The summed E-state index contributed by atoms with van der Waals surface area (Å²) in [6, 6.07) is 8.37. The molecule has 20 heavy (non-hydrogen) atoms. The van der Waals surface area contributed by atoms with Crippen LogP contribution >= 0.6 is 11.6 Å². The van der Waals surface area contributed by atoms with E-state index in [1.54, 1.807) is 0 Å². The van der Waals surface area contributed by atoms with Crippen molar-refractivity contribution in [2.75, 3.05) is 19.6 Å². The maximum Gasteiger partial charge on any atom is 0.0485 e. The first-order valence-electron chi connectivity index (χ1n) is 7.84. The third kappa shape index (κ3) is 3.19. The molecule has 1 unspecified atom stereocenters. The van der Waals surface area contributed by atoms with Crippen molar-refractivity contribution >= 4 is 11.6 Å². The Bertz CT molecular complexity index is 419. The molecular weight excluding hydrogens is 268 g/mol. The highest BCUT2D eigenvalue weighted by Gasteiger charge is 2.34. The van der Waals surface area contributed by atoms with E-state index in [0.29, 0.717) is 12.0 Å². The van der Waals surface area contributed by atoms with E-state index in [-0.39, 0.29) is 6.04 Å². The molecule has 0 amide bonds. The Labute approximate surface area is 128 Å². The molecule has 2 rings (SSSR count). The zero-order valence-corrected chi connectivity index (χ0v) is 13.5. The van der Waals surface area contributed by atoms with Crippen molar-refractivity contribution in [2.24, 2.45) is 11.1 Å². The molecule has 1 aromatic carbocycles. The van der Waals surface area contributed by atoms with Gasteiger partial charge >= 0.3 is 0 Å². The maximum absolute atomic E-state index is 6.35. The van der Waals surface area contributed by atoms with Crippen LogP contribution < -0.4 is 5.73 Å². The van der Waals surface area contributed by atoms with Crippen LogP contribution in [0.2, 0.25) is 5.02 Å². The van der Waals surface area contributed by atoms with Crippen LogP contribution in [0.4, 0.5) is 0 Å². The van der Waals surface area contributed by atoms with Gasteiger partial charge in [0.15, 0.2) is 0 Å². The van der Waals surface area contributed by atoms with Crippen LogP contribution in [0.5, 0.6) is 0 Å². The summed E-state index contributed by atoms with van der Waals surface area (Å²) in [5.41, 5.74) is 7.77. The molecule has 0 aliphatic carbocycles. The van der Waals surface area contributed by atoms with E-state index in [2.05, 4.69) is 30.9 Å². The highest BCUT2D eigenvalue weighted by atomic mass is 35.5. The van der Waals surface area contributed by atoms with Gasteiger partial charge in [0.2, 0.25) is 0 Å². The van der Waals surface area contributed by atoms with Crippen LogP contribution in [0.3, 0.4) is 0 Å². The summed E-state index contributed by atoms with van der Waals surface area (Å²) in [6.45, 7) is 7.56. The van der Waals surface area contributed by atoms with Gasteiger partial charge in [-0.25, -0.2) is 0 Å². The van der Waals surface area contributed by atoms with Gasteiger partial charge in [0, 0.05) is 17.6 Å². The van der Waals surface area contributed by atoms with E-state index in [4.69, 9.17) is 17.3 Å². The predicted molar refractivity (Wildman–Crippen MR) is 87.1 cm³/mol. The summed E-state index contributed by atoms with van der Waals surface area (Å²) in [5.74, 6) is 0. The Morgan fingerprint density at radius 3 is 2.30 bits per heavy atom. The molecule has 2 N–H and O–H groups in total. The van der Waals surface area contributed by atoms with E-state index in [9.17, 15) is 0 Å². The van der Waals surface area contributed by atoms with Crippen molar-refractivity contribution in [3.63, 3.8) is 0 Å². The normalized spacial score (nSPS) is 20.8. The second-order valence-electron chi connectivity index (χ2n) is 6.02. The monoisotopic (exact) mass is 294 g/mol. The van der Waals surface area contributed by atoms with Crippen LogP contribution in [0.15, 0.2) is 24.3 Å². The lowest BCUT2D eigenvalue weighted by Crippen LogP contribution is -2.43. The number of benzene rings is 1. The van der Waals surface area contributed by atoms with E-state index in [1.165, 1.54) is 31.2 Å². The average molecular weight is 295 g/mol. The number of rotatable bonds is 5. The second-order valence-corrected chi connectivity index (χ2v) is 6.42. The van der Waals surface area contributed by atoms with Crippen LogP contribution in [0.1, 0.15) is 51.1 Å². The van der Waals surface area contributed by atoms with Crippen molar-refractivity contribution in [1.29, 1.82) is 0 Å². The quantitative estimate of drug-likeness (QED) is 0.880. The molecule has 1 saturated heterocycles. The molecule has 1 atom stereocenters. The summed E-state index contributed by atoms with van der Waals surface area (Å²) < 4.78 is 0. The van der Waals surface area contributed by atoms with Crippen LogP contribution in [-0.2, 0) is 0 Å². The van der Waals surface area contributed by atoms with Crippen molar-refractivity contribution in [3.8, 4) is 0 Å². The molecule has 1 aliphatic heterocycles. The highest BCUT2D eigenvalue weighted by molar-refractivity contribution is 6.31. The minimum atomic E-state index is 0.260. The SMILES string of the molecule is CCC1(CC)CCN(C(CN)c2ccccc2Cl)CC1. The smallest absolute Gasteiger partial charge is 0.0485 e. The Morgan fingerprint density at radius 1 is 1.20 bits per heavy atom. The molecule has 1 aromatic rings. The number of piperidine rings is 1. The fraction of sp³-hybridized carbons (Fsp3) is 0.647. The Balaban J connectivity index is 2.10. The average Bonchev–Trinajstić information content (AvgIpc) is 2.51. The molecule has 1 aliphatic rings. The van der Waals surface area contributed by atoms with E-state index in [0.717, 1.165) is 18.1 Å². The summed E-state index contributed by atoms with van der Waals surface area (Å²) in [5, 5.41) is 0.839. The molecule has 112 valence electrons. The van der Waals surface area contributed by atoms with E-state index < -0.39 is 0 Å². The van der Waals surface area contributed by atoms with Gasteiger partial charge < -0.3 is 5.73 Å². The van der Waals surface area contributed by atoms with Gasteiger partial charge in [-0.2, -0.15) is 0 Å². The first-order chi connectivity index (χ1) is 9.65. The van der Waals surface area contributed by atoms with Crippen molar-refractivity contribution in [2.45, 2.75) is 45.6 Å². The number of likely N-dealkylation sites (tertiary alicyclic amines) is 1. The lowest BCUT2D eigenvalue weighted by atomic mass is 9.74. The standard InChI is InChI=1S/C17H27ClN2/c1-3-17(4-2)9-11-20(12-10-17)16(13-19)14-7-5-6-8-15(14)18/h5-8,16H,3-4,9-13,19H2,1-2H3. The summed E-state index contributed by atoms with van der Waals surface area (Å²) in [7, 11) is 0. The third-order valence-electron chi connectivity index (χ3n) is 5.29. The van der Waals surface area contributed by atoms with Gasteiger partial charge in [-0.15, -0.1) is 0 Å². The summed E-state index contributed by atoms with van der Waals surface area (Å²) >= 11 is 6.35. The molecule has 3 heteroatoms. The zero-order valence-electron chi connectivity index (χ0n) is 12.7. The minimum Gasteiger partial charge on any atom is -0.329 e. The molecule has 1 fully saturated rings. The summed E-state index contributed by atoms with van der Waals surface area (Å²) in [6.07, 6.45) is 5.13. The van der Waals surface area contributed by atoms with Crippen molar-refractivity contribution < 1.29 is 0 Å². The number of hydrogen-bond donors (Lipinski definition) is 1. The Hall–Kier alpha value is -0.570. The number of halogens is 1. The molecule has 2 nitrogen and oxygen atoms in total. The third-order valence-corrected chi connectivity index (χ3v) is 5.63. The van der Waals surface area contributed by atoms with E-state index >= 15 is 0 Å². The second kappa shape index (κ2) is 6.93. The molecular formula is C17H27ClN2. The van der Waals surface area contributed by atoms with Gasteiger partial charge in [-0.1, -0.05) is 56.5 Å². The fourth-order valence-electron chi connectivity index (χ4n) is 3.49. The Morgan fingerprint density at radius 2 is 1.80 bits per heavy atom. The fourth-order valence-corrected chi connectivity index (χ4v) is 3.75. The van der Waals surface area contributed by atoms with Crippen LogP contribution in [0, 0.1) is 5.41 Å². The highest BCUT2D eigenvalue weighted by Crippen LogP contribution is 2.40. The van der Waals surface area contributed by atoms with Crippen LogP contribution in [0.25, 0.3) is 0 Å². The van der Waals surface area contributed by atoms with Gasteiger partial charge in [0.1, 0.15) is 0 Å². The molecule has 0 bridgehead atoms.